The maximum atomic E-state index is 13.3. The molecule has 0 spiro atoms. The summed E-state index contributed by atoms with van der Waals surface area (Å²) < 4.78 is 5.32. The van der Waals surface area contributed by atoms with Crippen LogP contribution in [-0.4, -0.2) is 35.9 Å². The lowest BCUT2D eigenvalue weighted by Crippen LogP contribution is -2.50. The van der Waals surface area contributed by atoms with Crippen LogP contribution in [0, 0.1) is 0 Å². The Bertz CT molecular complexity index is 879. The number of rotatable bonds is 8. The number of carbonyl (C=O) groups excluding carboxylic acids is 2. The van der Waals surface area contributed by atoms with Crippen molar-refractivity contribution >= 4 is 23.4 Å². The molecule has 166 valence electrons. The Morgan fingerprint density at radius 1 is 1.10 bits per heavy atom. The Hall–Kier alpha value is -2.53. The Balaban J connectivity index is 1.76. The normalized spacial score (nSPS) is 15.2. The third-order valence-electron chi connectivity index (χ3n) is 5.87. The van der Waals surface area contributed by atoms with Crippen LogP contribution in [0.1, 0.15) is 50.2 Å². The van der Waals surface area contributed by atoms with Crippen LogP contribution in [0.3, 0.4) is 0 Å². The van der Waals surface area contributed by atoms with Gasteiger partial charge in [0.25, 0.3) is 0 Å². The molecule has 0 heterocycles. The average molecular weight is 443 g/mol. The van der Waals surface area contributed by atoms with E-state index in [-0.39, 0.29) is 24.3 Å². The van der Waals surface area contributed by atoms with Crippen molar-refractivity contribution in [1.29, 1.82) is 0 Å². The van der Waals surface area contributed by atoms with Crippen LogP contribution in [-0.2, 0) is 22.6 Å². The van der Waals surface area contributed by atoms with Crippen LogP contribution in [0.2, 0.25) is 5.02 Å². The lowest BCUT2D eigenvalue weighted by atomic mass is 9.95. The van der Waals surface area contributed by atoms with E-state index in [1.807, 2.05) is 36.4 Å². The van der Waals surface area contributed by atoms with Gasteiger partial charge in [0.1, 0.15) is 11.8 Å². The summed E-state index contributed by atoms with van der Waals surface area (Å²) in [4.78, 5) is 28.0. The molecule has 1 aliphatic rings. The second kappa shape index (κ2) is 11.2. The van der Waals surface area contributed by atoms with E-state index in [9.17, 15) is 9.59 Å². The number of amides is 2. The van der Waals surface area contributed by atoms with Crippen LogP contribution in [0.25, 0.3) is 0 Å². The molecule has 5 nitrogen and oxygen atoms in total. The van der Waals surface area contributed by atoms with Gasteiger partial charge in [0.05, 0.1) is 13.5 Å². The quantitative estimate of drug-likeness (QED) is 0.641. The number of nitrogens with zero attached hydrogens (tertiary/aromatic N) is 1. The molecule has 6 heteroatoms. The SMILES string of the molecule is COc1cccc(CN(C(=O)Cc2ccc(Cl)cc2)[C@@H](C)C(=O)NC2CCCCC2)c1. The van der Waals surface area contributed by atoms with Crippen LogP contribution < -0.4 is 10.1 Å². The third kappa shape index (κ3) is 6.73. The minimum atomic E-state index is -0.576. The topological polar surface area (TPSA) is 58.6 Å². The van der Waals surface area contributed by atoms with Crippen molar-refractivity contribution in [3.8, 4) is 5.75 Å². The number of methoxy groups -OCH3 is 1. The zero-order chi connectivity index (χ0) is 22.2. The van der Waals surface area contributed by atoms with Crippen LogP contribution in [0.15, 0.2) is 48.5 Å². The van der Waals surface area contributed by atoms with E-state index < -0.39 is 6.04 Å². The average Bonchev–Trinajstić information content (AvgIpc) is 2.79. The maximum Gasteiger partial charge on any atom is 0.242 e. The molecule has 0 unspecified atom stereocenters. The Morgan fingerprint density at radius 2 is 1.81 bits per heavy atom. The first-order valence-electron chi connectivity index (χ1n) is 10.9. The Labute approximate surface area is 189 Å². The molecule has 1 fully saturated rings. The number of carbonyl (C=O) groups is 2. The molecule has 1 saturated carbocycles. The molecule has 1 N–H and O–H groups in total. The van der Waals surface area contributed by atoms with Gasteiger partial charge < -0.3 is 15.0 Å². The van der Waals surface area contributed by atoms with Crippen molar-refractivity contribution in [3.05, 3.63) is 64.7 Å². The Morgan fingerprint density at radius 3 is 2.48 bits per heavy atom. The van der Waals surface area contributed by atoms with E-state index in [4.69, 9.17) is 16.3 Å². The van der Waals surface area contributed by atoms with Crippen molar-refractivity contribution in [2.75, 3.05) is 7.11 Å². The van der Waals surface area contributed by atoms with Crippen molar-refractivity contribution in [1.82, 2.24) is 10.2 Å². The van der Waals surface area contributed by atoms with Crippen molar-refractivity contribution in [2.45, 2.75) is 64.1 Å². The summed E-state index contributed by atoms with van der Waals surface area (Å²) in [6.45, 7) is 2.14. The van der Waals surface area contributed by atoms with Crippen molar-refractivity contribution < 1.29 is 14.3 Å². The molecule has 0 radical (unpaired) electrons. The molecule has 2 amide bonds. The summed E-state index contributed by atoms with van der Waals surface area (Å²) in [5, 5.41) is 3.79. The monoisotopic (exact) mass is 442 g/mol. The molecule has 3 rings (SSSR count). The van der Waals surface area contributed by atoms with E-state index in [2.05, 4.69) is 5.32 Å². The van der Waals surface area contributed by atoms with Gasteiger partial charge in [0.2, 0.25) is 11.8 Å². The van der Waals surface area contributed by atoms with Gasteiger partial charge in [-0.1, -0.05) is 55.1 Å². The second-order valence-corrected chi connectivity index (χ2v) is 8.63. The minimum Gasteiger partial charge on any atom is -0.497 e. The minimum absolute atomic E-state index is 0.0979. The second-order valence-electron chi connectivity index (χ2n) is 8.20. The van der Waals surface area contributed by atoms with Gasteiger partial charge in [-0.15, -0.1) is 0 Å². The highest BCUT2D eigenvalue weighted by molar-refractivity contribution is 6.30. The number of nitrogens with one attached hydrogen (secondary N) is 1. The lowest BCUT2D eigenvalue weighted by Gasteiger charge is -2.31. The fraction of sp³-hybridized carbons (Fsp3) is 0.440. The van der Waals surface area contributed by atoms with Gasteiger partial charge in [-0.2, -0.15) is 0 Å². The molecule has 1 aliphatic carbocycles. The summed E-state index contributed by atoms with van der Waals surface area (Å²) in [5.41, 5.74) is 1.78. The van der Waals surface area contributed by atoms with Crippen molar-refractivity contribution in [3.63, 3.8) is 0 Å². The largest absolute Gasteiger partial charge is 0.497 e. The van der Waals surface area contributed by atoms with Gasteiger partial charge in [-0.25, -0.2) is 0 Å². The number of hydrogen-bond acceptors (Lipinski definition) is 3. The third-order valence-corrected chi connectivity index (χ3v) is 6.13. The molecule has 1 atom stereocenters. The molecular weight excluding hydrogens is 412 g/mol. The zero-order valence-corrected chi connectivity index (χ0v) is 19.0. The molecule has 31 heavy (non-hydrogen) atoms. The van der Waals surface area contributed by atoms with Gasteiger partial charge in [0.15, 0.2) is 0 Å². The van der Waals surface area contributed by atoms with E-state index in [0.29, 0.717) is 11.6 Å². The van der Waals surface area contributed by atoms with E-state index in [1.165, 1.54) is 6.42 Å². The van der Waals surface area contributed by atoms with Gasteiger partial charge >= 0.3 is 0 Å². The first kappa shape index (κ1) is 23.1. The lowest BCUT2D eigenvalue weighted by molar-refractivity contribution is -0.140. The highest BCUT2D eigenvalue weighted by Gasteiger charge is 2.28. The summed E-state index contributed by atoms with van der Waals surface area (Å²) in [7, 11) is 1.61. The molecule has 0 aliphatic heterocycles. The molecule has 0 bridgehead atoms. The van der Waals surface area contributed by atoms with Crippen LogP contribution in [0.4, 0.5) is 0 Å². The van der Waals surface area contributed by atoms with E-state index in [1.54, 1.807) is 31.1 Å². The molecular formula is C25H31ClN2O3. The zero-order valence-electron chi connectivity index (χ0n) is 18.3. The smallest absolute Gasteiger partial charge is 0.242 e. The fourth-order valence-corrected chi connectivity index (χ4v) is 4.12. The molecule has 2 aromatic carbocycles. The fourth-order valence-electron chi connectivity index (χ4n) is 4.00. The highest BCUT2D eigenvalue weighted by Crippen LogP contribution is 2.20. The first-order valence-corrected chi connectivity index (χ1v) is 11.3. The van der Waals surface area contributed by atoms with Crippen molar-refractivity contribution in [2.24, 2.45) is 0 Å². The standard InChI is InChI=1S/C25H31ClN2O3/c1-18(25(30)27-22-8-4-3-5-9-22)28(17-20-7-6-10-23(15-20)31-2)24(29)16-19-11-13-21(26)14-12-19/h6-7,10-15,18,22H,3-5,8-9,16-17H2,1-2H3,(H,27,30)/t18-/m0/s1. The molecule has 2 aromatic rings. The molecule has 0 saturated heterocycles. The highest BCUT2D eigenvalue weighted by atomic mass is 35.5. The first-order chi connectivity index (χ1) is 15.0. The number of hydrogen-bond donors (Lipinski definition) is 1. The summed E-state index contributed by atoms with van der Waals surface area (Å²) in [6.07, 6.45) is 5.73. The number of benzene rings is 2. The summed E-state index contributed by atoms with van der Waals surface area (Å²) >= 11 is 5.97. The predicted octanol–water partition coefficient (Wildman–Crippen LogP) is 4.76. The van der Waals surface area contributed by atoms with Crippen LogP contribution in [0.5, 0.6) is 5.75 Å². The number of halogens is 1. The summed E-state index contributed by atoms with van der Waals surface area (Å²) in [6, 6.07) is 14.5. The Kier molecular flexibility index (Phi) is 8.35. The summed E-state index contributed by atoms with van der Waals surface area (Å²) in [5.74, 6) is 0.526. The van der Waals surface area contributed by atoms with E-state index >= 15 is 0 Å². The van der Waals surface area contributed by atoms with Gasteiger partial charge in [0, 0.05) is 17.6 Å². The predicted molar refractivity (Wildman–Crippen MR) is 123 cm³/mol. The van der Waals surface area contributed by atoms with Gasteiger partial charge in [-0.05, 0) is 55.2 Å². The van der Waals surface area contributed by atoms with Crippen LogP contribution >= 0.6 is 11.6 Å². The van der Waals surface area contributed by atoms with Gasteiger partial charge in [-0.3, -0.25) is 9.59 Å². The van der Waals surface area contributed by atoms with E-state index in [0.717, 1.165) is 42.6 Å². The number of ether oxygens (including phenoxy) is 1. The maximum absolute atomic E-state index is 13.3. The molecule has 0 aromatic heterocycles.